The second-order valence-electron chi connectivity index (χ2n) is 23.0. The summed E-state index contributed by atoms with van der Waals surface area (Å²) in [5, 5.41) is 26.6. The molecule has 0 bridgehead atoms. The highest BCUT2D eigenvalue weighted by atomic mass is 35.5. The van der Waals surface area contributed by atoms with E-state index >= 15 is 0 Å². The molecule has 0 amide bonds. The molecule has 8 rings (SSSR count). The molecule has 9 nitrogen and oxygen atoms in total. The molecule has 6 aliphatic rings. The number of Topliss-reactive ketones (excluding diaryl/α,β-unsaturated/α-hetero) is 1. The van der Waals surface area contributed by atoms with Gasteiger partial charge in [0.2, 0.25) is 0 Å². The van der Waals surface area contributed by atoms with Crippen LogP contribution in [0.4, 0.5) is 0 Å². The Bertz CT molecular complexity index is 2100. The Morgan fingerprint density at radius 1 is 0.900 bits per heavy atom. The van der Waals surface area contributed by atoms with Crippen LogP contribution in [0.3, 0.4) is 0 Å². The van der Waals surface area contributed by atoms with E-state index in [-0.39, 0.29) is 51.4 Å². The third kappa shape index (κ3) is 6.18. The number of H-pyrrole nitrogens is 1. The van der Waals surface area contributed by atoms with Crippen LogP contribution in [0.25, 0.3) is 11.3 Å². The van der Waals surface area contributed by atoms with E-state index in [1.165, 1.54) is 5.57 Å². The van der Waals surface area contributed by atoms with Crippen LogP contribution in [0, 0.1) is 68.0 Å². The number of aliphatic hydroxyl groups is 1. The zero-order valence-electron chi connectivity index (χ0n) is 37.9. The lowest BCUT2D eigenvalue weighted by molar-refractivity contribution is -0.238. The lowest BCUT2D eigenvalue weighted by Gasteiger charge is -2.72. The fourth-order valence-corrected chi connectivity index (χ4v) is 15.2. The summed E-state index contributed by atoms with van der Waals surface area (Å²) in [6.45, 7) is 24.4. The number of aliphatic carboxylic acids is 1. The van der Waals surface area contributed by atoms with Crippen molar-refractivity contribution in [1.82, 2.24) is 15.3 Å². The third-order valence-corrected chi connectivity index (χ3v) is 19.1. The van der Waals surface area contributed by atoms with Gasteiger partial charge < -0.3 is 19.9 Å². The summed E-state index contributed by atoms with van der Waals surface area (Å²) in [4.78, 5) is 48.1. The van der Waals surface area contributed by atoms with Crippen molar-refractivity contribution < 1.29 is 29.3 Å². The van der Waals surface area contributed by atoms with Crippen LogP contribution in [-0.4, -0.2) is 50.2 Å². The van der Waals surface area contributed by atoms with Gasteiger partial charge in [0.1, 0.15) is 18.2 Å². The van der Waals surface area contributed by atoms with Gasteiger partial charge in [0.15, 0.2) is 5.78 Å². The summed E-state index contributed by atoms with van der Waals surface area (Å²) >= 11 is 6.16. The van der Waals surface area contributed by atoms with Gasteiger partial charge in [-0.05, 0) is 146 Å². The molecular formula is C50H70ClN3O6. The van der Waals surface area contributed by atoms with Crippen molar-refractivity contribution in [3.8, 4) is 11.3 Å². The molecule has 60 heavy (non-hydrogen) atoms. The number of nitrogens with one attached hydrogen (secondary N) is 2. The molecule has 0 spiro atoms. The number of ether oxygens (including phenoxy) is 1. The number of imidazole rings is 1. The largest absolute Gasteiger partial charge is 0.481 e. The van der Waals surface area contributed by atoms with E-state index in [0.29, 0.717) is 35.5 Å². The van der Waals surface area contributed by atoms with Crippen LogP contribution in [0.2, 0.25) is 5.02 Å². The van der Waals surface area contributed by atoms with Crippen LogP contribution < -0.4 is 5.32 Å². The molecule has 4 N–H and O–H groups in total. The van der Waals surface area contributed by atoms with Crippen molar-refractivity contribution >= 4 is 29.3 Å². The van der Waals surface area contributed by atoms with E-state index in [2.05, 4.69) is 58.8 Å². The van der Waals surface area contributed by atoms with Crippen LogP contribution in [0.5, 0.6) is 0 Å². The summed E-state index contributed by atoms with van der Waals surface area (Å²) in [5.41, 5.74) is 1.74. The first-order valence-electron chi connectivity index (χ1n) is 22.8. The van der Waals surface area contributed by atoms with Gasteiger partial charge >= 0.3 is 11.9 Å². The predicted molar refractivity (Wildman–Crippen MR) is 234 cm³/mol. The molecule has 1 aromatic carbocycles. The zero-order chi connectivity index (χ0) is 43.7. The van der Waals surface area contributed by atoms with E-state index in [0.717, 1.165) is 68.2 Å². The minimum atomic E-state index is -0.950. The molecule has 3 unspecified atom stereocenters. The Hall–Kier alpha value is -3.01. The normalized spacial score (nSPS) is 38.6. The Balaban J connectivity index is 1.05. The molecule has 6 aliphatic carbocycles. The van der Waals surface area contributed by atoms with Gasteiger partial charge in [-0.2, -0.15) is 0 Å². The van der Waals surface area contributed by atoms with Crippen molar-refractivity contribution in [3.63, 3.8) is 0 Å². The average molecular weight is 845 g/mol. The van der Waals surface area contributed by atoms with Crippen LogP contribution >= 0.6 is 11.6 Å². The summed E-state index contributed by atoms with van der Waals surface area (Å²) < 4.78 is 6.44. The van der Waals surface area contributed by atoms with Crippen molar-refractivity contribution in [2.75, 3.05) is 0 Å². The molecular weight excluding hydrogens is 774 g/mol. The summed E-state index contributed by atoms with van der Waals surface area (Å²) in [6.07, 6.45) is 8.96. The Morgan fingerprint density at radius 2 is 1.58 bits per heavy atom. The number of carboxylic acids is 1. The second-order valence-corrected chi connectivity index (χ2v) is 23.4. The number of hydrogen-bond donors (Lipinski definition) is 4. The number of carbonyl (C=O) groups excluding carboxylic acids is 2. The number of ketones is 1. The third-order valence-electron chi connectivity index (χ3n) is 18.9. The molecule has 0 radical (unpaired) electrons. The van der Waals surface area contributed by atoms with Gasteiger partial charge in [0.25, 0.3) is 0 Å². The Kier molecular flexibility index (Phi) is 10.4. The lowest BCUT2D eigenvalue weighted by atomic mass is 9.33. The molecule has 0 aliphatic heterocycles. The standard InChI is InChI=1S/C50H70ClN3O6/c1-27(2)38-34(55)25-50(43(59)54-46(7,8)42-52-26-33(53-42)28-12-14-29(51)15-13-28)23-22-48(10)30(39(38)50)16-17-36-47(9)20-19-37(45(5,6)35(47)18-21-49(36,48)11)60-41(58)32-24-31(40(56)57)44(32,3)4/h12-15,26-27,30-32,35-37,43,54,59H,16-25H2,1-11H3,(H,52,53)(H,56,57)/t30?,31?,32-,35+,36-,37+,43?,47+,48-,49-,50-/m1/s1. The van der Waals surface area contributed by atoms with E-state index in [1.54, 1.807) is 0 Å². The van der Waals surface area contributed by atoms with E-state index < -0.39 is 40.4 Å². The molecule has 1 heterocycles. The van der Waals surface area contributed by atoms with E-state index in [9.17, 15) is 24.6 Å². The molecule has 5 saturated carbocycles. The summed E-state index contributed by atoms with van der Waals surface area (Å²) in [5.74, 6) is -0.00523. The highest BCUT2D eigenvalue weighted by Gasteiger charge is 2.71. The van der Waals surface area contributed by atoms with Gasteiger partial charge in [0, 0.05) is 22.3 Å². The highest BCUT2D eigenvalue weighted by molar-refractivity contribution is 6.30. The first kappa shape index (κ1) is 43.6. The molecule has 11 atom stereocenters. The van der Waals surface area contributed by atoms with Crippen molar-refractivity contribution in [2.24, 2.45) is 68.0 Å². The average Bonchev–Trinajstić information content (AvgIpc) is 3.77. The number of allylic oxidation sites excluding steroid dienone is 1. The van der Waals surface area contributed by atoms with Gasteiger partial charge in [-0.1, -0.05) is 86.0 Å². The van der Waals surface area contributed by atoms with E-state index in [4.69, 9.17) is 21.3 Å². The molecule has 328 valence electrons. The number of halogens is 1. The van der Waals surface area contributed by atoms with Crippen molar-refractivity contribution in [1.29, 1.82) is 0 Å². The highest BCUT2D eigenvalue weighted by Crippen LogP contribution is 2.77. The number of aromatic amines is 1. The van der Waals surface area contributed by atoms with Crippen LogP contribution in [0.1, 0.15) is 146 Å². The molecule has 1 aromatic heterocycles. The van der Waals surface area contributed by atoms with Crippen LogP contribution in [-0.2, 0) is 24.7 Å². The predicted octanol–water partition coefficient (Wildman–Crippen LogP) is 10.5. The van der Waals surface area contributed by atoms with Gasteiger partial charge in [-0.3, -0.25) is 19.7 Å². The molecule has 2 aromatic rings. The second kappa shape index (κ2) is 14.3. The quantitative estimate of drug-likeness (QED) is 0.144. The first-order chi connectivity index (χ1) is 27.8. The number of carboxylic acid groups (broad SMARTS) is 1. The number of esters is 1. The Labute approximate surface area is 362 Å². The minimum absolute atomic E-state index is 0.0132. The fraction of sp³-hybridized carbons (Fsp3) is 0.720. The molecule has 10 heteroatoms. The van der Waals surface area contributed by atoms with Crippen molar-refractivity contribution in [2.45, 2.75) is 158 Å². The molecule has 5 fully saturated rings. The topological polar surface area (TPSA) is 142 Å². The zero-order valence-corrected chi connectivity index (χ0v) is 38.7. The van der Waals surface area contributed by atoms with Gasteiger partial charge in [-0.15, -0.1) is 0 Å². The number of aliphatic hydroxyl groups excluding tert-OH is 1. The smallest absolute Gasteiger partial charge is 0.309 e. The number of benzene rings is 1. The number of nitrogens with zero attached hydrogens (tertiary/aromatic N) is 1. The maximum absolute atomic E-state index is 14.3. The maximum atomic E-state index is 14.3. The number of rotatable bonds is 9. The van der Waals surface area contributed by atoms with E-state index in [1.807, 2.05) is 58.2 Å². The minimum Gasteiger partial charge on any atom is -0.481 e. The lowest BCUT2D eigenvalue weighted by Crippen LogP contribution is -2.67. The number of fused-ring (bicyclic) bond motifs is 7. The summed E-state index contributed by atoms with van der Waals surface area (Å²) in [6, 6.07) is 7.65. The van der Waals surface area contributed by atoms with Gasteiger partial charge in [-0.25, -0.2) is 4.98 Å². The van der Waals surface area contributed by atoms with Gasteiger partial charge in [0.05, 0.1) is 29.3 Å². The monoisotopic (exact) mass is 843 g/mol. The number of aromatic nitrogens is 2. The Morgan fingerprint density at radius 3 is 2.22 bits per heavy atom. The number of carbonyl (C=O) groups is 3. The van der Waals surface area contributed by atoms with Crippen molar-refractivity contribution in [3.05, 3.63) is 52.5 Å². The summed E-state index contributed by atoms with van der Waals surface area (Å²) in [7, 11) is 0. The SMILES string of the molecule is CC(C)C1=C2C3CC[C@@H]4[C@@]5(C)CC[C@H](OC(=O)[C@H]6CC(C(=O)O)C6(C)C)C(C)(C)[C@@H]5CC[C@@]4(C)[C@]3(C)CC[C@@]2(C(O)NC(C)(C)c2ncc(-c3ccc(Cl)cc3)[nH]2)CC1=O. The first-order valence-corrected chi connectivity index (χ1v) is 23.2. The maximum Gasteiger partial charge on any atom is 0.309 e. The number of hydrogen-bond acceptors (Lipinski definition) is 7. The molecule has 0 saturated heterocycles. The fourth-order valence-electron chi connectivity index (χ4n) is 15.1. The van der Waals surface area contributed by atoms with Crippen LogP contribution in [0.15, 0.2) is 41.6 Å².